The van der Waals surface area contributed by atoms with Gasteiger partial charge in [-0.2, -0.15) is 0 Å². The van der Waals surface area contributed by atoms with Crippen LogP contribution in [0, 0.1) is 3.57 Å². The zero-order valence-corrected chi connectivity index (χ0v) is 13.9. The van der Waals surface area contributed by atoms with Crippen molar-refractivity contribution in [2.24, 2.45) is 0 Å². The van der Waals surface area contributed by atoms with Gasteiger partial charge in [0.05, 0.1) is 13.7 Å². The van der Waals surface area contributed by atoms with Crippen molar-refractivity contribution in [1.82, 2.24) is 5.32 Å². The first-order chi connectivity index (χ1) is 10.2. The van der Waals surface area contributed by atoms with Crippen LogP contribution in [0.1, 0.15) is 5.56 Å². The number of nitrogens with one attached hydrogen (secondary N) is 2. The molecule has 5 heteroatoms. The Morgan fingerprint density at radius 1 is 1.10 bits per heavy atom. The summed E-state index contributed by atoms with van der Waals surface area (Å²) in [4.78, 5) is 11.8. The summed E-state index contributed by atoms with van der Waals surface area (Å²) in [6.45, 7) is 0.919. The van der Waals surface area contributed by atoms with E-state index in [9.17, 15) is 4.79 Å². The van der Waals surface area contributed by atoms with Gasteiger partial charge in [0.15, 0.2) is 0 Å². The van der Waals surface area contributed by atoms with E-state index in [-0.39, 0.29) is 12.5 Å². The highest BCUT2D eigenvalue weighted by molar-refractivity contribution is 14.1. The molecule has 0 unspecified atom stereocenters. The molecule has 0 radical (unpaired) electrons. The number of anilines is 1. The minimum atomic E-state index is -0.0512. The molecule has 0 aliphatic carbocycles. The number of carbonyl (C=O) groups is 1. The highest BCUT2D eigenvalue weighted by atomic mass is 127. The van der Waals surface area contributed by atoms with Crippen molar-refractivity contribution in [3.63, 3.8) is 0 Å². The number of benzene rings is 2. The summed E-state index contributed by atoms with van der Waals surface area (Å²) < 4.78 is 6.24. The highest BCUT2D eigenvalue weighted by Crippen LogP contribution is 2.12. The van der Waals surface area contributed by atoms with Crippen LogP contribution in [0.5, 0.6) is 5.75 Å². The van der Waals surface area contributed by atoms with Crippen molar-refractivity contribution in [2.45, 2.75) is 6.54 Å². The van der Waals surface area contributed by atoms with Gasteiger partial charge in [0, 0.05) is 15.8 Å². The van der Waals surface area contributed by atoms with Crippen LogP contribution in [-0.4, -0.2) is 19.6 Å². The van der Waals surface area contributed by atoms with E-state index in [2.05, 4.69) is 33.2 Å². The van der Waals surface area contributed by atoms with Gasteiger partial charge in [0.25, 0.3) is 0 Å². The monoisotopic (exact) mass is 396 g/mol. The molecule has 1 amide bonds. The summed E-state index contributed by atoms with van der Waals surface area (Å²) >= 11 is 2.23. The minimum absolute atomic E-state index is 0.0512. The molecule has 0 atom stereocenters. The van der Waals surface area contributed by atoms with Crippen molar-refractivity contribution >= 4 is 34.2 Å². The van der Waals surface area contributed by atoms with E-state index in [4.69, 9.17) is 4.74 Å². The average Bonchev–Trinajstić information content (AvgIpc) is 2.50. The maximum absolute atomic E-state index is 11.8. The Balaban J connectivity index is 1.74. The zero-order valence-electron chi connectivity index (χ0n) is 11.7. The molecule has 0 aliphatic heterocycles. The Kier molecular flexibility index (Phi) is 6.01. The summed E-state index contributed by atoms with van der Waals surface area (Å²) in [6.07, 6.45) is 0. The largest absolute Gasteiger partial charge is 0.497 e. The molecule has 2 aromatic carbocycles. The Bertz CT molecular complexity index is 582. The normalized spacial score (nSPS) is 10.2. The predicted molar refractivity (Wildman–Crippen MR) is 92.5 cm³/mol. The fraction of sp³-hybridized carbons (Fsp3) is 0.188. The molecular weight excluding hydrogens is 379 g/mol. The highest BCUT2D eigenvalue weighted by Gasteiger charge is 2.02. The number of amides is 1. The average molecular weight is 396 g/mol. The van der Waals surface area contributed by atoms with E-state index in [1.807, 2.05) is 48.5 Å². The lowest BCUT2D eigenvalue weighted by Crippen LogP contribution is -2.27. The van der Waals surface area contributed by atoms with Crippen LogP contribution < -0.4 is 15.4 Å². The first-order valence-corrected chi connectivity index (χ1v) is 7.64. The van der Waals surface area contributed by atoms with Crippen LogP contribution >= 0.6 is 22.6 Å². The van der Waals surface area contributed by atoms with E-state index in [1.54, 1.807) is 7.11 Å². The van der Waals surface area contributed by atoms with Crippen LogP contribution in [0.25, 0.3) is 0 Å². The first kappa shape index (κ1) is 15.8. The van der Waals surface area contributed by atoms with Gasteiger partial charge < -0.3 is 15.4 Å². The Labute approximate surface area is 138 Å². The van der Waals surface area contributed by atoms with Gasteiger partial charge in [-0.1, -0.05) is 12.1 Å². The van der Waals surface area contributed by atoms with Crippen molar-refractivity contribution < 1.29 is 9.53 Å². The summed E-state index contributed by atoms with van der Waals surface area (Å²) in [5, 5.41) is 5.97. The van der Waals surface area contributed by atoms with Crippen LogP contribution in [0.3, 0.4) is 0 Å². The van der Waals surface area contributed by atoms with Crippen molar-refractivity contribution in [2.75, 3.05) is 19.0 Å². The van der Waals surface area contributed by atoms with E-state index in [0.717, 1.165) is 20.6 Å². The van der Waals surface area contributed by atoms with Gasteiger partial charge in [-0.3, -0.25) is 4.79 Å². The van der Waals surface area contributed by atoms with E-state index < -0.39 is 0 Å². The van der Waals surface area contributed by atoms with Gasteiger partial charge in [-0.25, -0.2) is 0 Å². The Morgan fingerprint density at radius 3 is 2.38 bits per heavy atom. The molecule has 21 heavy (non-hydrogen) atoms. The maximum Gasteiger partial charge on any atom is 0.238 e. The van der Waals surface area contributed by atoms with Gasteiger partial charge in [0.2, 0.25) is 5.91 Å². The topological polar surface area (TPSA) is 50.4 Å². The third kappa shape index (κ3) is 5.35. The summed E-state index contributed by atoms with van der Waals surface area (Å²) in [6, 6.07) is 15.5. The molecule has 4 nitrogen and oxygen atoms in total. The van der Waals surface area contributed by atoms with E-state index in [1.165, 1.54) is 0 Å². The maximum atomic E-state index is 11.8. The minimum Gasteiger partial charge on any atom is -0.497 e. The molecule has 0 saturated heterocycles. The van der Waals surface area contributed by atoms with Crippen molar-refractivity contribution in [3.8, 4) is 5.75 Å². The summed E-state index contributed by atoms with van der Waals surface area (Å²) in [7, 11) is 1.64. The Morgan fingerprint density at radius 2 is 1.76 bits per heavy atom. The van der Waals surface area contributed by atoms with Crippen molar-refractivity contribution in [3.05, 3.63) is 57.7 Å². The lowest BCUT2D eigenvalue weighted by molar-refractivity contribution is -0.115. The molecule has 0 fully saturated rings. The van der Waals surface area contributed by atoms with Gasteiger partial charge in [-0.05, 0) is 64.6 Å². The van der Waals surface area contributed by atoms with Gasteiger partial charge in [-0.15, -0.1) is 0 Å². The third-order valence-electron chi connectivity index (χ3n) is 2.90. The standard InChI is InChI=1S/C16H17IN2O2/c1-21-15-8-2-12(3-9-15)10-18-11-16(20)19-14-6-4-13(17)5-7-14/h2-9,18H,10-11H2,1H3,(H,19,20). The number of halogens is 1. The molecule has 0 aromatic heterocycles. The fourth-order valence-electron chi connectivity index (χ4n) is 1.80. The number of hydrogen-bond acceptors (Lipinski definition) is 3. The molecule has 0 heterocycles. The molecule has 2 aromatic rings. The quantitative estimate of drug-likeness (QED) is 0.739. The molecule has 2 rings (SSSR count). The lowest BCUT2D eigenvalue weighted by atomic mass is 10.2. The number of carbonyl (C=O) groups excluding carboxylic acids is 1. The van der Waals surface area contributed by atoms with Crippen molar-refractivity contribution in [1.29, 1.82) is 0 Å². The SMILES string of the molecule is COc1ccc(CNCC(=O)Nc2ccc(I)cc2)cc1. The predicted octanol–water partition coefficient (Wildman–Crippen LogP) is 3.03. The first-order valence-electron chi connectivity index (χ1n) is 6.56. The summed E-state index contributed by atoms with van der Waals surface area (Å²) in [5.74, 6) is 0.778. The van der Waals surface area contributed by atoms with E-state index in [0.29, 0.717) is 6.54 Å². The van der Waals surface area contributed by atoms with Crippen LogP contribution in [-0.2, 0) is 11.3 Å². The van der Waals surface area contributed by atoms with Crippen LogP contribution in [0.15, 0.2) is 48.5 Å². The molecule has 0 aliphatic rings. The second-order valence-corrected chi connectivity index (χ2v) is 5.75. The Hall–Kier alpha value is -1.60. The molecule has 2 N–H and O–H groups in total. The second-order valence-electron chi connectivity index (χ2n) is 4.51. The molecule has 0 spiro atoms. The number of methoxy groups -OCH3 is 1. The number of rotatable bonds is 6. The molecular formula is C16H17IN2O2. The molecule has 0 bridgehead atoms. The van der Waals surface area contributed by atoms with Crippen LogP contribution in [0.2, 0.25) is 0 Å². The zero-order chi connectivity index (χ0) is 15.1. The molecule has 110 valence electrons. The van der Waals surface area contributed by atoms with Crippen LogP contribution in [0.4, 0.5) is 5.69 Å². The molecule has 0 saturated carbocycles. The smallest absolute Gasteiger partial charge is 0.238 e. The fourth-order valence-corrected chi connectivity index (χ4v) is 2.16. The van der Waals surface area contributed by atoms with Gasteiger partial charge in [0.1, 0.15) is 5.75 Å². The number of hydrogen-bond donors (Lipinski definition) is 2. The summed E-state index contributed by atoms with van der Waals surface area (Å²) in [5.41, 5.74) is 1.92. The number of ether oxygens (including phenoxy) is 1. The second kappa shape index (κ2) is 7.99. The van der Waals surface area contributed by atoms with Gasteiger partial charge >= 0.3 is 0 Å². The lowest BCUT2D eigenvalue weighted by Gasteiger charge is -2.07. The van der Waals surface area contributed by atoms with E-state index >= 15 is 0 Å². The third-order valence-corrected chi connectivity index (χ3v) is 3.62.